The van der Waals surface area contributed by atoms with Gasteiger partial charge in [-0.25, -0.2) is 4.98 Å². The molecule has 0 bridgehead atoms. The molecular formula is C10H17N3O2. The molecule has 1 rings (SSSR count). The number of nitrogens with zero attached hydrogens (tertiary/aromatic N) is 2. The molecule has 5 heteroatoms. The van der Waals surface area contributed by atoms with Crippen molar-refractivity contribution in [3.05, 3.63) is 17.7 Å². The van der Waals surface area contributed by atoms with Gasteiger partial charge >= 0.3 is 5.97 Å². The maximum Gasteiger partial charge on any atom is 0.320 e. The molecule has 0 saturated carbocycles. The minimum absolute atomic E-state index is 0.281. The summed E-state index contributed by atoms with van der Waals surface area (Å²) in [4.78, 5) is 14.8. The van der Waals surface area contributed by atoms with Crippen molar-refractivity contribution in [2.75, 3.05) is 0 Å². The van der Waals surface area contributed by atoms with Crippen LogP contribution in [0.5, 0.6) is 0 Å². The molecule has 0 aromatic carbocycles. The van der Waals surface area contributed by atoms with Gasteiger partial charge in [-0.3, -0.25) is 4.79 Å². The summed E-state index contributed by atoms with van der Waals surface area (Å²) in [6.07, 6.45) is 1.98. The topological polar surface area (TPSA) is 81.1 Å². The highest BCUT2D eigenvalue weighted by molar-refractivity contribution is 5.73. The number of nitrogens with two attached hydrogens (primary N) is 1. The number of carbonyl (C=O) groups is 1. The standard InChI is InChI=1S/C10H17N3O2/c1-6(2)9-8(12-5-13(9)3)4-7(11)10(14)15/h5-7H,4,11H2,1-3H3,(H,14,15). The second kappa shape index (κ2) is 4.44. The third kappa shape index (κ3) is 2.56. The smallest absolute Gasteiger partial charge is 0.320 e. The van der Waals surface area contributed by atoms with Gasteiger partial charge in [0.1, 0.15) is 6.04 Å². The fourth-order valence-electron chi connectivity index (χ4n) is 1.68. The summed E-state index contributed by atoms with van der Waals surface area (Å²) in [5.41, 5.74) is 7.31. The number of aliphatic carboxylic acids is 1. The Morgan fingerprint density at radius 2 is 2.27 bits per heavy atom. The molecule has 15 heavy (non-hydrogen) atoms. The van der Waals surface area contributed by atoms with Crippen LogP contribution in [-0.4, -0.2) is 26.7 Å². The van der Waals surface area contributed by atoms with Gasteiger partial charge in [0.25, 0.3) is 0 Å². The first kappa shape index (κ1) is 11.7. The fourth-order valence-corrected chi connectivity index (χ4v) is 1.68. The van der Waals surface area contributed by atoms with Gasteiger partial charge in [-0.15, -0.1) is 0 Å². The Morgan fingerprint density at radius 3 is 2.73 bits per heavy atom. The average Bonchev–Trinajstić information content (AvgIpc) is 2.46. The number of aromatic nitrogens is 2. The predicted octanol–water partition coefficient (Wildman–Crippen LogP) is 0.498. The molecule has 0 aliphatic heterocycles. The average molecular weight is 211 g/mol. The van der Waals surface area contributed by atoms with Crippen LogP contribution in [0.25, 0.3) is 0 Å². The Balaban J connectivity index is 2.90. The van der Waals surface area contributed by atoms with Crippen LogP contribution in [-0.2, 0) is 18.3 Å². The number of carboxylic acid groups (broad SMARTS) is 1. The maximum atomic E-state index is 10.6. The monoisotopic (exact) mass is 211 g/mol. The van der Waals surface area contributed by atoms with E-state index in [1.165, 1.54) is 0 Å². The van der Waals surface area contributed by atoms with Crippen molar-refractivity contribution in [3.8, 4) is 0 Å². The van der Waals surface area contributed by atoms with Gasteiger partial charge in [-0.2, -0.15) is 0 Å². The summed E-state index contributed by atoms with van der Waals surface area (Å²) in [6, 6.07) is -0.877. The maximum absolute atomic E-state index is 10.6. The van der Waals surface area contributed by atoms with Crippen molar-refractivity contribution in [1.29, 1.82) is 0 Å². The Hall–Kier alpha value is -1.36. The zero-order chi connectivity index (χ0) is 11.6. The summed E-state index contributed by atoms with van der Waals surface area (Å²) >= 11 is 0. The van der Waals surface area contributed by atoms with Gasteiger partial charge < -0.3 is 15.4 Å². The van der Waals surface area contributed by atoms with E-state index in [1.54, 1.807) is 6.33 Å². The van der Waals surface area contributed by atoms with E-state index in [0.29, 0.717) is 5.92 Å². The van der Waals surface area contributed by atoms with Gasteiger partial charge in [-0.1, -0.05) is 13.8 Å². The number of hydrogen-bond acceptors (Lipinski definition) is 3. The van der Waals surface area contributed by atoms with Crippen LogP contribution in [0.4, 0.5) is 0 Å². The molecule has 0 fully saturated rings. The zero-order valence-electron chi connectivity index (χ0n) is 9.27. The van der Waals surface area contributed by atoms with Crippen LogP contribution in [0.1, 0.15) is 31.2 Å². The molecule has 0 aliphatic rings. The predicted molar refractivity (Wildman–Crippen MR) is 56.6 cm³/mol. The first-order valence-electron chi connectivity index (χ1n) is 4.92. The van der Waals surface area contributed by atoms with Crippen LogP contribution < -0.4 is 5.73 Å². The SMILES string of the molecule is CC(C)c1c(CC(N)C(=O)O)ncn1C. The minimum Gasteiger partial charge on any atom is -0.480 e. The normalized spacial score (nSPS) is 13.1. The molecule has 1 unspecified atom stereocenters. The van der Waals surface area contributed by atoms with E-state index >= 15 is 0 Å². The highest BCUT2D eigenvalue weighted by Gasteiger charge is 2.18. The van der Waals surface area contributed by atoms with Crippen molar-refractivity contribution in [2.24, 2.45) is 12.8 Å². The molecule has 0 spiro atoms. The molecule has 0 amide bonds. The molecule has 1 aromatic rings. The van der Waals surface area contributed by atoms with Crippen molar-refractivity contribution in [3.63, 3.8) is 0 Å². The number of aryl methyl sites for hydroxylation is 1. The van der Waals surface area contributed by atoms with E-state index < -0.39 is 12.0 Å². The van der Waals surface area contributed by atoms with Crippen molar-refractivity contribution < 1.29 is 9.90 Å². The summed E-state index contributed by atoms with van der Waals surface area (Å²) in [6.45, 7) is 4.10. The lowest BCUT2D eigenvalue weighted by Gasteiger charge is -2.11. The summed E-state index contributed by atoms with van der Waals surface area (Å²) in [5.74, 6) is -0.677. The van der Waals surface area contributed by atoms with Gasteiger partial charge in [0.05, 0.1) is 12.0 Å². The molecule has 3 N–H and O–H groups in total. The molecular weight excluding hydrogens is 194 g/mol. The number of rotatable bonds is 4. The van der Waals surface area contributed by atoms with Gasteiger partial charge in [0.2, 0.25) is 0 Å². The van der Waals surface area contributed by atoms with E-state index in [1.807, 2.05) is 25.5 Å². The molecule has 0 radical (unpaired) electrons. The Kier molecular flexibility index (Phi) is 3.47. The van der Waals surface area contributed by atoms with E-state index in [0.717, 1.165) is 11.4 Å². The Bertz CT molecular complexity index is 358. The van der Waals surface area contributed by atoms with Crippen LogP contribution in [0, 0.1) is 0 Å². The summed E-state index contributed by atoms with van der Waals surface area (Å²) in [5, 5.41) is 8.72. The second-order valence-electron chi connectivity index (χ2n) is 3.99. The van der Waals surface area contributed by atoms with Gasteiger partial charge in [-0.05, 0) is 5.92 Å². The molecule has 0 saturated heterocycles. The lowest BCUT2D eigenvalue weighted by atomic mass is 10.0. The highest BCUT2D eigenvalue weighted by atomic mass is 16.4. The molecule has 5 nitrogen and oxygen atoms in total. The minimum atomic E-state index is -0.990. The van der Waals surface area contributed by atoms with Crippen molar-refractivity contribution >= 4 is 5.97 Å². The molecule has 1 aromatic heterocycles. The van der Waals surface area contributed by atoms with E-state index in [-0.39, 0.29) is 6.42 Å². The lowest BCUT2D eigenvalue weighted by molar-refractivity contribution is -0.138. The van der Waals surface area contributed by atoms with Crippen LogP contribution >= 0.6 is 0 Å². The van der Waals surface area contributed by atoms with E-state index in [9.17, 15) is 4.79 Å². The quantitative estimate of drug-likeness (QED) is 0.759. The third-order valence-corrected chi connectivity index (χ3v) is 2.34. The van der Waals surface area contributed by atoms with E-state index in [4.69, 9.17) is 10.8 Å². The second-order valence-corrected chi connectivity index (χ2v) is 3.99. The zero-order valence-corrected chi connectivity index (χ0v) is 9.27. The van der Waals surface area contributed by atoms with Gasteiger partial charge in [0, 0.05) is 19.2 Å². The highest BCUT2D eigenvalue weighted by Crippen LogP contribution is 2.18. The van der Waals surface area contributed by atoms with Crippen LogP contribution in [0.3, 0.4) is 0 Å². The summed E-state index contributed by atoms with van der Waals surface area (Å²) < 4.78 is 1.91. The summed E-state index contributed by atoms with van der Waals surface area (Å²) in [7, 11) is 1.90. The first-order chi connectivity index (χ1) is 6.93. The lowest BCUT2D eigenvalue weighted by Crippen LogP contribution is -2.32. The third-order valence-electron chi connectivity index (χ3n) is 2.34. The number of hydrogen-bond donors (Lipinski definition) is 2. The Labute approximate surface area is 88.9 Å². The molecule has 1 heterocycles. The van der Waals surface area contributed by atoms with E-state index in [2.05, 4.69) is 4.98 Å². The van der Waals surface area contributed by atoms with Gasteiger partial charge in [0.15, 0.2) is 0 Å². The molecule has 0 aliphatic carbocycles. The number of carboxylic acids is 1. The van der Waals surface area contributed by atoms with Crippen molar-refractivity contribution in [1.82, 2.24) is 9.55 Å². The fraction of sp³-hybridized carbons (Fsp3) is 0.600. The molecule has 84 valence electrons. The first-order valence-corrected chi connectivity index (χ1v) is 4.92. The van der Waals surface area contributed by atoms with Crippen LogP contribution in [0.15, 0.2) is 6.33 Å². The molecule has 1 atom stereocenters. The Morgan fingerprint density at radius 1 is 1.67 bits per heavy atom. The van der Waals surface area contributed by atoms with Crippen molar-refractivity contribution in [2.45, 2.75) is 32.2 Å². The largest absolute Gasteiger partial charge is 0.480 e. The van der Waals surface area contributed by atoms with Crippen LogP contribution in [0.2, 0.25) is 0 Å². The number of imidazole rings is 1.